The first-order valence-electron chi connectivity index (χ1n) is 6.93. The number of nitrogens with one attached hydrogen (secondary N) is 1. The number of nitrogens with zero attached hydrogens (tertiary/aromatic N) is 1. The SMILES string of the molecule is CC(CC(=O)O)C1CCCN(C(=O)c2cc(Cl)c(Cl)[nH]2)C1. The number of halogens is 2. The van der Waals surface area contributed by atoms with Crippen molar-refractivity contribution in [3.8, 4) is 0 Å². The second-order valence-electron chi connectivity index (χ2n) is 5.57. The van der Waals surface area contributed by atoms with Crippen LogP contribution in [-0.2, 0) is 4.79 Å². The highest BCUT2D eigenvalue weighted by Crippen LogP contribution is 2.28. The quantitative estimate of drug-likeness (QED) is 0.888. The van der Waals surface area contributed by atoms with E-state index in [0.717, 1.165) is 12.8 Å². The van der Waals surface area contributed by atoms with Crippen molar-refractivity contribution in [1.82, 2.24) is 9.88 Å². The Hall–Kier alpha value is -1.20. The molecule has 1 aliphatic rings. The molecule has 1 saturated heterocycles. The molecule has 0 aliphatic carbocycles. The lowest BCUT2D eigenvalue weighted by atomic mass is 9.84. The Morgan fingerprint density at radius 3 is 2.81 bits per heavy atom. The molecule has 0 radical (unpaired) electrons. The maximum atomic E-state index is 12.4. The van der Waals surface area contributed by atoms with E-state index in [9.17, 15) is 9.59 Å². The zero-order valence-corrected chi connectivity index (χ0v) is 13.2. The van der Waals surface area contributed by atoms with Crippen LogP contribution in [0.5, 0.6) is 0 Å². The minimum atomic E-state index is -0.797. The number of carbonyl (C=O) groups excluding carboxylic acids is 1. The van der Waals surface area contributed by atoms with E-state index in [0.29, 0.717) is 23.8 Å². The number of hydrogen-bond acceptors (Lipinski definition) is 2. The van der Waals surface area contributed by atoms with Gasteiger partial charge in [-0.2, -0.15) is 0 Å². The van der Waals surface area contributed by atoms with Crippen LogP contribution in [0.1, 0.15) is 36.7 Å². The Morgan fingerprint density at radius 2 is 2.24 bits per heavy atom. The molecule has 2 unspecified atom stereocenters. The molecule has 0 saturated carbocycles. The molecule has 2 heterocycles. The van der Waals surface area contributed by atoms with E-state index in [-0.39, 0.29) is 29.3 Å². The Morgan fingerprint density at radius 1 is 1.52 bits per heavy atom. The van der Waals surface area contributed by atoms with Gasteiger partial charge >= 0.3 is 5.97 Å². The summed E-state index contributed by atoms with van der Waals surface area (Å²) in [4.78, 5) is 27.7. The van der Waals surface area contributed by atoms with Crippen molar-refractivity contribution < 1.29 is 14.7 Å². The topological polar surface area (TPSA) is 73.4 Å². The lowest BCUT2D eigenvalue weighted by molar-refractivity contribution is -0.138. The number of aliphatic carboxylic acids is 1. The van der Waals surface area contributed by atoms with Gasteiger partial charge in [0.1, 0.15) is 10.8 Å². The Bertz CT molecular complexity index is 525. The maximum Gasteiger partial charge on any atom is 0.303 e. The lowest BCUT2D eigenvalue weighted by Gasteiger charge is -2.35. The molecule has 1 fully saturated rings. The van der Waals surface area contributed by atoms with E-state index in [1.54, 1.807) is 4.90 Å². The molecule has 2 atom stereocenters. The van der Waals surface area contributed by atoms with Gasteiger partial charge in [0.2, 0.25) is 0 Å². The average molecular weight is 333 g/mol. The van der Waals surface area contributed by atoms with Gasteiger partial charge in [0, 0.05) is 19.5 Å². The summed E-state index contributed by atoms with van der Waals surface area (Å²) in [6.45, 7) is 3.17. The molecule has 116 valence electrons. The number of piperidine rings is 1. The molecule has 21 heavy (non-hydrogen) atoms. The van der Waals surface area contributed by atoms with Crippen LogP contribution >= 0.6 is 23.2 Å². The van der Waals surface area contributed by atoms with Crippen molar-refractivity contribution in [1.29, 1.82) is 0 Å². The molecule has 5 nitrogen and oxygen atoms in total. The van der Waals surface area contributed by atoms with Gasteiger partial charge in [0.05, 0.1) is 5.02 Å². The molecule has 0 bridgehead atoms. The van der Waals surface area contributed by atoms with E-state index in [4.69, 9.17) is 28.3 Å². The summed E-state index contributed by atoms with van der Waals surface area (Å²) in [6, 6.07) is 1.52. The van der Waals surface area contributed by atoms with E-state index >= 15 is 0 Å². The van der Waals surface area contributed by atoms with Gasteiger partial charge in [0.15, 0.2) is 0 Å². The van der Waals surface area contributed by atoms with Crippen LogP contribution < -0.4 is 0 Å². The maximum absolute atomic E-state index is 12.4. The molecule has 0 aromatic carbocycles. The number of carboxylic acid groups (broad SMARTS) is 1. The van der Waals surface area contributed by atoms with Crippen LogP contribution in [0.3, 0.4) is 0 Å². The standard InChI is InChI=1S/C14H18Cl2N2O3/c1-8(5-12(19)20)9-3-2-4-18(7-9)14(21)11-6-10(15)13(16)17-11/h6,8-9,17H,2-5,7H2,1H3,(H,19,20). The molecular formula is C14H18Cl2N2O3. The third kappa shape index (κ3) is 3.92. The minimum Gasteiger partial charge on any atom is -0.481 e. The normalized spacial score (nSPS) is 20.3. The fourth-order valence-electron chi connectivity index (χ4n) is 2.79. The molecule has 1 aromatic heterocycles. The third-order valence-corrected chi connectivity index (χ3v) is 4.69. The van der Waals surface area contributed by atoms with Crippen molar-refractivity contribution in [2.75, 3.05) is 13.1 Å². The predicted octanol–water partition coefficient (Wildman–Crippen LogP) is 3.28. The number of likely N-dealkylation sites (tertiary alicyclic amines) is 1. The van der Waals surface area contributed by atoms with Gasteiger partial charge < -0.3 is 15.0 Å². The minimum absolute atomic E-state index is 0.0499. The van der Waals surface area contributed by atoms with Crippen molar-refractivity contribution in [3.05, 3.63) is 21.9 Å². The number of amides is 1. The number of hydrogen-bond donors (Lipinski definition) is 2. The van der Waals surface area contributed by atoms with Crippen molar-refractivity contribution in [3.63, 3.8) is 0 Å². The summed E-state index contributed by atoms with van der Waals surface area (Å²) in [5.74, 6) is -0.682. The summed E-state index contributed by atoms with van der Waals surface area (Å²) in [5, 5.41) is 9.47. The van der Waals surface area contributed by atoms with Crippen molar-refractivity contribution in [2.24, 2.45) is 11.8 Å². The van der Waals surface area contributed by atoms with Crippen LogP contribution in [-0.4, -0.2) is 40.0 Å². The Kier molecular flexibility index (Phi) is 5.17. The summed E-state index contributed by atoms with van der Waals surface area (Å²) in [7, 11) is 0. The highest BCUT2D eigenvalue weighted by Gasteiger charge is 2.29. The first-order valence-corrected chi connectivity index (χ1v) is 7.69. The van der Waals surface area contributed by atoms with Crippen LogP contribution in [0.15, 0.2) is 6.07 Å². The summed E-state index contributed by atoms with van der Waals surface area (Å²) in [5.41, 5.74) is 0.372. The summed E-state index contributed by atoms with van der Waals surface area (Å²) < 4.78 is 0. The number of rotatable bonds is 4. The van der Waals surface area contributed by atoms with Gasteiger partial charge in [-0.3, -0.25) is 9.59 Å². The first kappa shape index (κ1) is 16.2. The number of aromatic amines is 1. The van der Waals surface area contributed by atoms with Crippen LogP contribution in [0.25, 0.3) is 0 Å². The van der Waals surface area contributed by atoms with Crippen molar-refractivity contribution >= 4 is 35.1 Å². The van der Waals surface area contributed by atoms with Gasteiger partial charge in [-0.25, -0.2) is 0 Å². The highest BCUT2D eigenvalue weighted by molar-refractivity contribution is 6.41. The van der Waals surface area contributed by atoms with Crippen molar-refractivity contribution in [2.45, 2.75) is 26.2 Å². The molecule has 1 aromatic rings. The zero-order chi connectivity index (χ0) is 15.6. The molecule has 2 rings (SSSR count). The largest absolute Gasteiger partial charge is 0.481 e. The van der Waals surface area contributed by atoms with Gasteiger partial charge in [-0.1, -0.05) is 30.1 Å². The predicted molar refractivity (Wildman–Crippen MR) is 80.9 cm³/mol. The van der Waals surface area contributed by atoms with E-state index in [1.807, 2.05) is 6.92 Å². The smallest absolute Gasteiger partial charge is 0.303 e. The summed E-state index contributed by atoms with van der Waals surface area (Å²) >= 11 is 11.7. The van der Waals surface area contributed by atoms with Crippen LogP contribution in [0.2, 0.25) is 10.2 Å². The number of carbonyl (C=O) groups is 2. The molecule has 7 heteroatoms. The fraction of sp³-hybridized carbons (Fsp3) is 0.571. The van der Waals surface area contributed by atoms with Crippen LogP contribution in [0, 0.1) is 11.8 Å². The van der Waals surface area contributed by atoms with E-state index in [1.165, 1.54) is 6.07 Å². The second kappa shape index (κ2) is 6.71. The number of aromatic nitrogens is 1. The number of carboxylic acids is 1. The van der Waals surface area contributed by atoms with E-state index < -0.39 is 5.97 Å². The Labute approximate surface area is 133 Å². The van der Waals surface area contributed by atoms with Crippen LogP contribution in [0.4, 0.5) is 0 Å². The zero-order valence-electron chi connectivity index (χ0n) is 11.7. The fourth-order valence-corrected chi connectivity index (χ4v) is 3.10. The molecule has 0 spiro atoms. The summed E-state index contributed by atoms with van der Waals surface area (Å²) in [6.07, 6.45) is 1.96. The molecular weight excluding hydrogens is 315 g/mol. The highest BCUT2D eigenvalue weighted by atomic mass is 35.5. The first-order chi connectivity index (χ1) is 9.88. The lowest BCUT2D eigenvalue weighted by Crippen LogP contribution is -2.42. The molecule has 1 aliphatic heterocycles. The average Bonchev–Trinajstić information content (AvgIpc) is 2.77. The number of H-pyrrole nitrogens is 1. The third-order valence-electron chi connectivity index (χ3n) is 4.00. The molecule has 1 amide bonds. The van der Waals surface area contributed by atoms with Gasteiger partial charge in [0.25, 0.3) is 5.91 Å². The Balaban J connectivity index is 2.03. The van der Waals surface area contributed by atoms with E-state index in [2.05, 4.69) is 4.98 Å². The van der Waals surface area contributed by atoms with Gasteiger partial charge in [-0.15, -0.1) is 0 Å². The molecule has 2 N–H and O–H groups in total. The van der Waals surface area contributed by atoms with Gasteiger partial charge in [-0.05, 0) is 30.7 Å². The monoisotopic (exact) mass is 332 g/mol. The second-order valence-corrected chi connectivity index (χ2v) is 6.36.